The topological polar surface area (TPSA) is 86.8 Å². The van der Waals surface area contributed by atoms with Crippen molar-refractivity contribution < 1.29 is 18.0 Å². The van der Waals surface area contributed by atoms with Gasteiger partial charge in [0.25, 0.3) is 10.0 Å². The summed E-state index contributed by atoms with van der Waals surface area (Å²) in [7, 11) is -4.07. The summed E-state index contributed by atoms with van der Waals surface area (Å²) in [6.07, 6.45) is 5.63. The van der Waals surface area contributed by atoms with Crippen LogP contribution in [0.15, 0.2) is 89.8 Å². The lowest BCUT2D eigenvalue weighted by Crippen LogP contribution is -2.54. The number of anilines is 1. The van der Waals surface area contributed by atoms with Crippen molar-refractivity contribution in [1.29, 1.82) is 0 Å². The summed E-state index contributed by atoms with van der Waals surface area (Å²) in [5.41, 5.74) is 2.33. The highest BCUT2D eigenvalue weighted by Crippen LogP contribution is 2.28. The van der Waals surface area contributed by atoms with Crippen molar-refractivity contribution in [3.8, 4) is 0 Å². The molecule has 0 bridgehead atoms. The second-order valence-electron chi connectivity index (χ2n) is 10.5. The number of benzene rings is 3. The third-order valence-corrected chi connectivity index (χ3v) is 9.60. The van der Waals surface area contributed by atoms with Gasteiger partial charge in [0.1, 0.15) is 12.6 Å². The van der Waals surface area contributed by atoms with Crippen molar-refractivity contribution in [3.05, 3.63) is 96.1 Å². The van der Waals surface area contributed by atoms with E-state index in [0.29, 0.717) is 31.5 Å². The van der Waals surface area contributed by atoms with Gasteiger partial charge in [-0.1, -0.05) is 93.4 Å². The maximum Gasteiger partial charge on any atom is 0.264 e. The second kappa shape index (κ2) is 14.3. The molecule has 41 heavy (non-hydrogen) atoms. The number of rotatable bonds is 13. The number of hydrogen-bond donors (Lipinski definition) is 1. The molecule has 3 aromatic carbocycles. The molecule has 1 aliphatic carbocycles. The van der Waals surface area contributed by atoms with Crippen LogP contribution < -0.4 is 9.62 Å². The van der Waals surface area contributed by atoms with Crippen molar-refractivity contribution in [3.63, 3.8) is 0 Å². The second-order valence-corrected chi connectivity index (χ2v) is 12.4. The summed E-state index contributed by atoms with van der Waals surface area (Å²) in [6.45, 7) is 3.75. The highest BCUT2D eigenvalue weighted by molar-refractivity contribution is 7.92. The molecular weight excluding hydrogens is 534 g/mol. The van der Waals surface area contributed by atoms with Crippen LogP contribution in [-0.4, -0.2) is 50.3 Å². The van der Waals surface area contributed by atoms with Gasteiger partial charge in [-0.2, -0.15) is 0 Å². The molecule has 1 N–H and O–H groups in total. The molecule has 1 atom stereocenters. The lowest BCUT2D eigenvalue weighted by Gasteiger charge is -2.34. The molecule has 0 aromatic heterocycles. The molecule has 1 aliphatic rings. The summed E-state index contributed by atoms with van der Waals surface area (Å²) in [5.74, 6) is -0.577. The largest absolute Gasteiger partial charge is 0.352 e. The molecule has 7 nitrogen and oxygen atoms in total. The molecule has 0 unspecified atom stereocenters. The molecule has 0 aliphatic heterocycles. The lowest BCUT2D eigenvalue weighted by molar-refractivity contribution is -0.139. The van der Waals surface area contributed by atoms with Crippen LogP contribution in [-0.2, 0) is 32.5 Å². The molecule has 0 spiro atoms. The molecule has 4 rings (SSSR count). The van der Waals surface area contributed by atoms with Crippen molar-refractivity contribution >= 4 is 27.5 Å². The summed E-state index contributed by atoms with van der Waals surface area (Å²) in [4.78, 5) is 29.4. The van der Waals surface area contributed by atoms with Gasteiger partial charge in [0.05, 0.1) is 10.6 Å². The summed E-state index contributed by atoms with van der Waals surface area (Å²) in [5, 5.41) is 3.16. The predicted octanol–water partition coefficient (Wildman–Crippen LogP) is 5.35. The van der Waals surface area contributed by atoms with E-state index in [2.05, 4.69) is 5.32 Å². The zero-order valence-corrected chi connectivity index (χ0v) is 24.9. The molecule has 3 aromatic rings. The lowest BCUT2D eigenvalue weighted by atomic mass is 10.1. The van der Waals surface area contributed by atoms with Gasteiger partial charge in [-0.3, -0.25) is 13.9 Å². The van der Waals surface area contributed by atoms with Gasteiger partial charge in [-0.25, -0.2) is 8.42 Å². The first-order valence-electron chi connectivity index (χ1n) is 14.6. The number of hydrogen-bond acceptors (Lipinski definition) is 4. The fraction of sp³-hybridized carbons (Fsp3) is 0.394. The zero-order chi connectivity index (χ0) is 29.2. The Hall–Kier alpha value is -3.65. The number of sulfonamides is 1. The molecule has 0 heterocycles. The summed E-state index contributed by atoms with van der Waals surface area (Å²) < 4.78 is 29.2. The molecular formula is C33H41N3O4S. The fourth-order valence-electron chi connectivity index (χ4n) is 5.55. The standard InChI is InChI=1S/C33H41N3O4S/c1-3-27-17-11-14-22-31(27)36(41(39,40)29-20-9-6-10-21-29)25-32(37)35(24-23-26-15-7-5-8-16-26)30(4-2)33(38)34-28-18-12-13-19-28/h5-11,14-17,20-22,28,30H,3-4,12-13,18-19,23-25H2,1-2H3,(H,34,38)/t30-/m1/s1. The van der Waals surface area contributed by atoms with Crippen LogP contribution in [0.5, 0.6) is 0 Å². The van der Waals surface area contributed by atoms with Crippen molar-refractivity contribution in [2.24, 2.45) is 0 Å². The Morgan fingerprint density at radius 3 is 2.12 bits per heavy atom. The van der Waals surface area contributed by atoms with Crippen LogP contribution in [0.2, 0.25) is 0 Å². The van der Waals surface area contributed by atoms with Gasteiger partial charge >= 0.3 is 0 Å². The predicted molar refractivity (Wildman–Crippen MR) is 163 cm³/mol. The van der Waals surface area contributed by atoms with Crippen LogP contribution in [0.25, 0.3) is 0 Å². The van der Waals surface area contributed by atoms with Gasteiger partial charge in [-0.15, -0.1) is 0 Å². The molecule has 1 saturated carbocycles. The van der Waals surface area contributed by atoms with Crippen LogP contribution >= 0.6 is 0 Å². The van der Waals surface area contributed by atoms with Crippen LogP contribution in [0.3, 0.4) is 0 Å². The first-order chi connectivity index (χ1) is 19.8. The number of carbonyl (C=O) groups excluding carboxylic acids is 2. The monoisotopic (exact) mass is 575 g/mol. The van der Waals surface area contributed by atoms with Crippen LogP contribution in [0.4, 0.5) is 5.69 Å². The molecule has 0 saturated heterocycles. The van der Waals surface area contributed by atoms with E-state index in [1.807, 2.05) is 56.3 Å². The summed E-state index contributed by atoms with van der Waals surface area (Å²) in [6, 6.07) is 24.7. The van der Waals surface area contributed by atoms with E-state index >= 15 is 0 Å². The molecule has 0 radical (unpaired) electrons. The average Bonchev–Trinajstić information content (AvgIpc) is 3.51. The highest BCUT2D eigenvalue weighted by atomic mass is 32.2. The minimum Gasteiger partial charge on any atom is -0.352 e. The van der Waals surface area contributed by atoms with E-state index in [0.717, 1.165) is 36.8 Å². The number of aryl methyl sites for hydroxylation is 1. The minimum absolute atomic E-state index is 0.112. The van der Waals surface area contributed by atoms with Crippen molar-refractivity contribution in [2.45, 2.75) is 75.8 Å². The van der Waals surface area contributed by atoms with Gasteiger partial charge in [0.15, 0.2) is 0 Å². The summed E-state index contributed by atoms with van der Waals surface area (Å²) >= 11 is 0. The Morgan fingerprint density at radius 1 is 0.878 bits per heavy atom. The zero-order valence-electron chi connectivity index (χ0n) is 24.0. The average molecular weight is 576 g/mol. The first-order valence-corrected chi connectivity index (χ1v) is 16.1. The first kappa shape index (κ1) is 30.3. The molecule has 2 amide bonds. The SMILES string of the molecule is CCc1ccccc1N(CC(=O)N(CCc1ccccc1)[C@H](CC)C(=O)NC1CCCC1)S(=O)(=O)c1ccccc1. The smallest absolute Gasteiger partial charge is 0.264 e. The highest BCUT2D eigenvalue weighted by Gasteiger charge is 2.34. The van der Waals surface area contributed by atoms with Gasteiger partial charge in [0.2, 0.25) is 11.8 Å². The fourth-order valence-corrected chi connectivity index (χ4v) is 7.02. The maximum atomic E-state index is 14.2. The van der Waals surface area contributed by atoms with Crippen LogP contribution in [0.1, 0.15) is 57.1 Å². The third kappa shape index (κ3) is 7.55. The number of amides is 2. The Morgan fingerprint density at radius 2 is 1.49 bits per heavy atom. The molecule has 8 heteroatoms. The molecule has 218 valence electrons. The number of nitrogens with zero attached hydrogens (tertiary/aromatic N) is 2. The quantitative estimate of drug-likeness (QED) is 0.298. The van der Waals surface area contributed by atoms with Crippen molar-refractivity contribution in [1.82, 2.24) is 10.2 Å². The van der Waals surface area contributed by atoms with Gasteiger partial charge in [-0.05, 0) is 61.4 Å². The Bertz CT molecular complexity index is 1390. The number of nitrogens with one attached hydrogen (secondary N) is 1. The van der Waals surface area contributed by atoms with E-state index in [9.17, 15) is 18.0 Å². The Kier molecular flexibility index (Phi) is 10.6. The minimum atomic E-state index is -4.07. The number of para-hydroxylation sites is 1. The van der Waals surface area contributed by atoms with Crippen LogP contribution in [0, 0.1) is 0 Å². The van der Waals surface area contributed by atoms with E-state index in [1.54, 1.807) is 47.4 Å². The van der Waals surface area contributed by atoms with E-state index in [4.69, 9.17) is 0 Å². The van der Waals surface area contributed by atoms with E-state index < -0.39 is 28.5 Å². The van der Waals surface area contributed by atoms with Gasteiger partial charge < -0.3 is 10.2 Å². The van der Waals surface area contributed by atoms with E-state index in [1.165, 1.54) is 4.31 Å². The number of carbonyl (C=O) groups is 2. The molecule has 1 fully saturated rings. The normalized spacial score (nSPS) is 14.4. The Balaban J connectivity index is 1.69. The van der Waals surface area contributed by atoms with Crippen molar-refractivity contribution in [2.75, 3.05) is 17.4 Å². The Labute approximate surface area is 244 Å². The van der Waals surface area contributed by atoms with Gasteiger partial charge in [0, 0.05) is 12.6 Å². The third-order valence-electron chi connectivity index (χ3n) is 7.82. The van der Waals surface area contributed by atoms with E-state index in [-0.39, 0.29) is 16.8 Å². The maximum absolute atomic E-state index is 14.2.